The molecule has 5 nitrogen and oxygen atoms in total. The normalized spacial score (nSPS) is 15.4. The summed E-state index contributed by atoms with van der Waals surface area (Å²) in [6.07, 6.45) is 0.662. The highest BCUT2D eigenvalue weighted by atomic mass is 35.5. The Morgan fingerprint density at radius 2 is 1.86 bits per heavy atom. The molecule has 1 saturated heterocycles. The molecule has 6 heteroatoms. The SMILES string of the molecule is CCN1CCN(CCCOc2ccc(C)cc2Cl)C(=O)C1=O. The standard InChI is InChI=1S/C16H21ClN2O3/c1-3-18-8-9-19(16(21)15(18)20)7-4-10-22-14-6-5-12(2)11-13(14)17/h5-6,11H,3-4,7-10H2,1-2H3. The third-order valence-electron chi connectivity index (χ3n) is 3.70. The summed E-state index contributed by atoms with van der Waals surface area (Å²) in [5.41, 5.74) is 1.08. The van der Waals surface area contributed by atoms with Gasteiger partial charge < -0.3 is 14.5 Å². The number of carbonyl (C=O) groups is 2. The molecule has 1 aromatic rings. The van der Waals surface area contributed by atoms with Crippen molar-refractivity contribution in [3.05, 3.63) is 28.8 Å². The van der Waals surface area contributed by atoms with Gasteiger partial charge in [0.05, 0.1) is 11.6 Å². The Morgan fingerprint density at radius 3 is 2.55 bits per heavy atom. The lowest BCUT2D eigenvalue weighted by molar-refractivity contribution is -0.155. The number of carbonyl (C=O) groups excluding carboxylic acids is 2. The van der Waals surface area contributed by atoms with E-state index >= 15 is 0 Å². The third-order valence-corrected chi connectivity index (χ3v) is 3.99. The fourth-order valence-corrected chi connectivity index (χ4v) is 2.68. The molecular weight excluding hydrogens is 304 g/mol. The number of rotatable bonds is 6. The van der Waals surface area contributed by atoms with Crippen LogP contribution < -0.4 is 4.74 Å². The van der Waals surface area contributed by atoms with Gasteiger partial charge in [-0.1, -0.05) is 17.7 Å². The van der Waals surface area contributed by atoms with Crippen molar-refractivity contribution in [2.75, 3.05) is 32.8 Å². The molecule has 0 spiro atoms. The number of amides is 2. The molecular formula is C16H21ClN2O3. The zero-order valence-corrected chi connectivity index (χ0v) is 13.7. The molecule has 1 heterocycles. The van der Waals surface area contributed by atoms with E-state index in [0.717, 1.165) is 5.56 Å². The molecule has 0 aliphatic carbocycles. The second-order valence-corrected chi connectivity index (χ2v) is 5.72. The summed E-state index contributed by atoms with van der Waals surface area (Å²) >= 11 is 6.09. The van der Waals surface area contributed by atoms with Crippen molar-refractivity contribution in [3.63, 3.8) is 0 Å². The minimum Gasteiger partial charge on any atom is -0.492 e. The Labute approximate surface area is 135 Å². The van der Waals surface area contributed by atoms with Crippen LogP contribution in [0.3, 0.4) is 0 Å². The maximum atomic E-state index is 11.9. The molecule has 120 valence electrons. The Kier molecular flexibility index (Phi) is 5.66. The molecule has 0 bridgehead atoms. The smallest absolute Gasteiger partial charge is 0.312 e. The summed E-state index contributed by atoms with van der Waals surface area (Å²) in [6, 6.07) is 5.63. The molecule has 2 rings (SSSR count). The fraction of sp³-hybridized carbons (Fsp3) is 0.500. The number of benzene rings is 1. The lowest BCUT2D eigenvalue weighted by atomic mass is 10.2. The summed E-state index contributed by atoms with van der Waals surface area (Å²) in [7, 11) is 0. The zero-order valence-electron chi connectivity index (χ0n) is 13.0. The van der Waals surface area contributed by atoms with Crippen molar-refractivity contribution >= 4 is 23.4 Å². The molecule has 1 aliphatic rings. The van der Waals surface area contributed by atoms with Gasteiger partial charge in [0, 0.05) is 26.2 Å². The Hall–Kier alpha value is -1.75. The zero-order chi connectivity index (χ0) is 16.1. The molecule has 0 unspecified atom stereocenters. The number of piperazine rings is 1. The maximum Gasteiger partial charge on any atom is 0.312 e. The quantitative estimate of drug-likeness (QED) is 0.595. The van der Waals surface area contributed by atoms with E-state index < -0.39 is 11.8 Å². The second kappa shape index (κ2) is 7.49. The summed E-state index contributed by atoms with van der Waals surface area (Å²) in [5, 5.41) is 0.586. The molecule has 2 amide bonds. The molecule has 0 atom stereocenters. The van der Waals surface area contributed by atoms with Gasteiger partial charge in [-0.15, -0.1) is 0 Å². The topological polar surface area (TPSA) is 49.9 Å². The summed E-state index contributed by atoms with van der Waals surface area (Å²) in [5.74, 6) is -0.178. The van der Waals surface area contributed by atoms with Gasteiger partial charge in [0.2, 0.25) is 0 Å². The number of nitrogens with zero attached hydrogens (tertiary/aromatic N) is 2. The Bertz CT molecular complexity index is 562. The minimum absolute atomic E-state index is 0.406. The number of ether oxygens (including phenoxy) is 1. The third kappa shape index (κ3) is 3.91. The van der Waals surface area contributed by atoms with Crippen LogP contribution in [0.1, 0.15) is 18.9 Å². The maximum absolute atomic E-state index is 11.9. The van der Waals surface area contributed by atoms with Gasteiger partial charge in [0.25, 0.3) is 0 Å². The summed E-state index contributed by atoms with van der Waals surface area (Å²) < 4.78 is 5.62. The van der Waals surface area contributed by atoms with E-state index in [2.05, 4.69) is 0 Å². The largest absolute Gasteiger partial charge is 0.492 e. The molecule has 1 aromatic carbocycles. The minimum atomic E-state index is -0.415. The lowest BCUT2D eigenvalue weighted by Crippen LogP contribution is -2.54. The molecule has 1 fully saturated rings. The van der Waals surface area contributed by atoms with Crippen molar-refractivity contribution in [3.8, 4) is 5.75 Å². The van der Waals surface area contributed by atoms with Crippen LogP contribution in [0.2, 0.25) is 5.02 Å². The van der Waals surface area contributed by atoms with Crippen LogP contribution in [0.15, 0.2) is 18.2 Å². The van der Waals surface area contributed by atoms with Crippen molar-refractivity contribution < 1.29 is 14.3 Å². The molecule has 0 saturated carbocycles. The predicted octanol–water partition coefficient (Wildman–Crippen LogP) is 2.11. The molecule has 0 aromatic heterocycles. The van der Waals surface area contributed by atoms with Crippen LogP contribution in [0, 0.1) is 6.92 Å². The average molecular weight is 325 g/mol. The van der Waals surface area contributed by atoms with E-state index in [1.807, 2.05) is 32.0 Å². The Morgan fingerprint density at radius 1 is 1.18 bits per heavy atom. The number of likely N-dealkylation sites (N-methyl/N-ethyl adjacent to an activating group) is 1. The number of aryl methyl sites for hydroxylation is 1. The van der Waals surface area contributed by atoms with Crippen LogP contribution >= 0.6 is 11.6 Å². The van der Waals surface area contributed by atoms with Crippen LogP contribution in [0.25, 0.3) is 0 Å². The molecule has 0 radical (unpaired) electrons. The monoisotopic (exact) mass is 324 g/mol. The van der Waals surface area contributed by atoms with Gasteiger partial charge in [-0.25, -0.2) is 0 Å². The molecule has 0 N–H and O–H groups in total. The van der Waals surface area contributed by atoms with E-state index in [0.29, 0.717) is 50.0 Å². The van der Waals surface area contributed by atoms with Crippen LogP contribution in [0.4, 0.5) is 0 Å². The van der Waals surface area contributed by atoms with E-state index in [1.54, 1.807) is 9.80 Å². The van der Waals surface area contributed by atoms with Gasteiger partial charge >= 0.3 is 11.8 Å². The number of hydrogen-bond donors (Lipinski definition) is 0. The number of hydrogen-bond acceptors (Lipinski definition) is 3. The van der Waals surface area contributed by atoms with Gasteiger partial charge in [0.15, 0.2) is 0 Å². The van der Waals surface area contributed by atoms with E-state index in [1.165, 1.54) is 0 Å². The first-order valence-electron chi connectivity index (χ1n) is 7.50. The van der Waals surface area contributed by atoms with Gasteiger partial charge in [-0.3, -0.25) is 9.59 Å². The molecule has 22 heavy (non-hydrogen) atoms. The van der Waals surface area contributed by atoms with Crippen molar-refractivity contribution in [1.82, 2.24) is 9.80 Å². The van der Waals surface area contributed by atoms with E-state index in [-0.39, 0.29) is 0 Å². The van der Waals surface area contributed by atoms with E-state index in [9.17, 15) is 9.59 Å². The van der Waals surface area contributed by atoms with Crippen molar-refractivity contribution in [1.29, 1.82) is 0 Å². The van der Waals surface area contributed by atoms with Gasteiger partial charge in [-0.05, 0) is 38.0 Å². The van der Waals surface area contributed by atoms with Crippen LogP contribution in [-0.2, 0) is 9.59 Å². The lowest BCUT2D eigenvalue weighted by Gasteiger charge is -2.33. The highest BCUT2D eigenvalue weighted by Gasteiger charge is 2.30. The first kappa shape index (κ1) is 16.6. The highest BCUT2D eigenvalue weighted by molar-refractivity contribution is 6.35. The predicted molar refractivity (Wildman–Crippen MR) is 85.1 cm³/mol. The average Bonchev–Trinajstić information content (AvgIpc) is 2.49. The fourth-order valence-electron chi connectivity index (χ4n) is 2.39. The summed E-state index contributed by atoms with van der Waals surface area (Å²) in [6.45, 7) is 6.58. The first-order valence-corrected chi connectivity index (χ1v) is 7.88. The Balaban J connectivity index is 1.77. The van der Waals surface area contributed by atoms with E-state index in [4.69, 9.17) is 16.3 Å². The second-order valence-electron chi connectivity index (χ2n) is 5.31. The van der Waals surface area contributed by atoms with Crippen molar-refractivity contribution in [2.24, 2.45) is 0 Å². The van der Waals surface area contributed by atoms with Crippen molar-refractivity contribution in [2.45, 2.75) is 20.3 Å². The first-order chi connectivity index (χ1) is 10.5. The van der Waals surface area contributed by atoms with Gasteiger partial charge in [-0.2, -0.15) is 0 Å². The summed E-state index contributed by atoms with van der Waals surface area (Å²) in [4.78, 5) is 26.9. The van der Waals surface area contributed by atoms with Crippen LogP contribution in [0.5, 0.6) is 5.75 Å². The highest BCUT2D eigenvalue weighted by Crippen LogP contribution is 2.25. The van der Waals surface area contributed by atoms with Crippen LogP contribution in [-0.4, -0.2) is 54.4 Å². The number of halogens is 1. The molecule has 1 aliphatic heterocycles. The van der Waals surface area contributed by atoms with Gasteiger partial charge in [0.1, 0.15) is 5.75 Å².